The molecule has 0 aromatic rings. The van der Waals surface area contributed by atoms with E-state index in [4.69, 9.17) is 10.5 Å². The molecule has 0 aromatic carbocycles. The number of carbonyl (C=O) groups excluding carboxylic acids is 2. The minimum absolute atomic E-state index is 0.255. The minimum atomic E-state index is -0.492. The summed E-state index contributed by atoms with van der Waals surface area (Å²) in [6, 6.07) is -0.307. The molecule has 1 unspecified atom stereocenters. The Kier molecular flexibility index (Phi) is 4.20. The second-order valence-electron chi connectivity index (χ2n) is 6.41. The number of rotatable bonds is 1. The van der Waals surface area contributed by atoms with E-state index in [2.05, 4.69) is 5.32 Å². The Morgan fingerprint density at radius 1 is 1.45 bits per heavy atom. The summed E-state index contributed by atoms with van der Waals surface area (Å²) in [6.07, 6.45) is 1.53. The molecule has 6 nitrogen and oxygen atoms in total. The molecule has 7 heteroatoms. The van der Waals surface area contributed by atoms with Crippen LogP contribution in [0.1, 0.15) is 33.6 Å². The molecule has 0 radical (unpaired) electrons. The molecule has 0 aromatic heterocycles. The maximum atomic E-state index is 12.1. The SMILES string of the molecule is CC(C)(C)OC(=O)N1CCCC2(C1)N[C@H](C(N)=O)CS2. The lowest BCUT2D eigenvalue weighted by Gasteiger charge is -2.40. The summed E-state index contributed by atoms with van der Waals surface area (Å²) in [5.41, 5.74) is 4.85. The van der Waals surface area contributed by atoms with Gasteiger partial charge in [-0.2, -0.15) is 0 Å². The third-order valence-electron chi connectivity index (χ3n) is 3.41. The van der Waals surface area contributed by atoms with Crippen LogP contribution in [-0.2, 0) is 9.53 Å². The zero-order valence-corrected chi connectivity index (χ0v) is 13.1. The number of carbonyl (C=O) groups is 2. The highest BCUT2D eigenvalue weighted by Crippen LogP contribution is 2.38. The number of nitrogens with zero attached hydrogens (tertiary/aromatic N) is 1. The highest BCUT2D eigenvalue weighted by atomic mass is 32.2. The van der Waals surface area contributed by atoms with Crippen molar-refractivity contribution in [1.29, 1.82) is 0 Å². The quantitative estimate of drug-likeness (QED) is 0.752. The van der Waals surface area contributed by atoms with Gasteiger partial charge >= 0.3 is 6.09 Å². The predicted octanol–water partition coefficient (Wildman–Crippen LogP) is 0.904. The van der Waals surface area contributed by atoms with Crippen LogP contribution >= 0.6 is 11.8 Å². The van der Waals surface area contributed by atoms with E-state index < -0.39 is 5.60 Å². The molecule has 2 amide bonds. The van der Waals surface area contributed by atoms with Gasteiger partial charge in [-0.15, -0.1) is 11.8 Å². The molecule has 2 fully saturated rings. The van der Waals surface area contributed by atoms with Gasteiger partial charge in [-0.25, -0.2) is 4.79 Å². The molecule has 1 spiro atoms. The summed E-state index contributed by atoms with van der Waals surface area (Å²) in [4.78, 5) is 24.9. The van der Waals surface area contributed by atoms with Crippen LogP contribution in [0.3, 0.4) is 0 Å². The predicted molar refractivity (Wildman–Crippen MR) is 78.3 cm³/mol. The topological polar surface area (TPSA) is 84.7 Å². The first-order valence-corrected chi connectivity index (χ1v) is 7.88. The maximum Gasteiger partial charge on any atom is 0.410 e. The molecular weight excluding hydrogens is 278 g/mol. The van der Waals surface area contributed by atoms with Crippen molar-refractivity contribution in [3.63, 3.8) is 0 Å². The summed E-state index contributed by atoms with van der Waals surface area (Å²) in [6.45, 7) is 6.82. The molecule has 0 aliphatic carbocycles. The molecule has 0 bridgehead atoms. The van der Waals surface area contributed by atoms with Gasteiger partial charge in [0.15, 0.2) is 0 Å². The van der Waals surface area contributed by atoms with Crippen LogP contribution < -0.4 is 11.1 Å². The van der Waals surface area contributed by atoms with E-state index in [-0.39, 0.29) is 22.9 Å². The van der Waals surface area contributed by atoms with Gasteiger partial charge in [0.05, 0.1) is 17.5 Å². The lowest BCUT2D eigenvalue weighted by molar-refractivity contribution is -0.119. The average molecular weight is 301 g/mol. The van der Waals surface area contributed by atoms with E-state index in [0.717, 1.165) is 12.8 Å². The average Bonchev–Trinajstić information content (AvgIpc) is 2.71. The number of hydrogen-bond acceptors (Lipinski definition) is 5. The molecule has 2 heterocycles. The van der Waals surface area contributed by atoms with E-state index in [1.165, 1.54) is 0 Å². The molecule has 20 heavy (non-hydrogen) atoms. The van der Waals surface area contributed by atoms with Gasteiger partial charge in [-0.3, -0.25) is 10.1 Å². The van der Waals surface area contributed by atoms with Gasteiger partial charge in [0.25, 0.3) is 0 Å². The smallest absolute Gasteiger partial charge is 0.410 e. The van der Waals surface area contributed by atoms with E-state index in [1.807, 2.05) is 20.8 Å². The van der Waals surface area contributed by atoms with E-state index in [1.54, 1.807) is 16.7 Å². The molecule has 2 rings (SSSR count). The monoisotopic (exact) mass is 301 g/mol. The van der Waals surface area contributed by atoms with Crippen molar-refractivity contribution in [1.82, 2.24) is 10.2 Å². The van der Waals surface area contributed by atoms with Gasteiger partial charge in [-0.1, -0.05) is 0 Å². The molecule has 2 aliphatic rings. The first kappa shape index (κ1) is 15.4. The lowest BCUT2D eigenvalue weighted by Crippen LogP contribution is -2.57. The van der Waals surface area contributed by atoms with Gasteiger partial charge in [0.2, 0.25) is 5.91 Å². The van der Waals surface area contributed by atoms with Gasteiger partial charge in [-0.05, 0) is 33.6 Å². The van der Waals surface area contributed by atoms with Crippen molar-refractivity contribution in [2.24, 2.45) is 5.73 Å². The highest BCUT2D eigenvalue weighted by molar-refractivity contribution is 8.01. The van der Waals surface area contributed by atoms with Gasteiger partial charge < -0.3 is 15.4 Å². The van der Waals surface area contributed by atoms with Crippen LogP contribution in [0.2, 0.25) is 0 Å². The van der Waals surface area contributed by atoms with E-state index >= 15 is 0 Å². The molecule has 0 saturated carbocycles. The fourth-order valence-electron chi connectivity index (χ4n) is 2.54. The summed E-state index contributed by atoms with van der Waals surface area (Å²) < 4.78 is 5.41. The molecule has 2 aliphatic heterocycles. The van der Waals surface area contributed by atoms with Crippen molar-refractivity contribution < 1.29 is 14.3 Å². The largest absolute Gasteiger partial charge is 0.444 e. The second-order valence-corrected chi connectivity index (χ2v) is 7.81. The lowest BCUT2D eigenvalue weighted by atomic mass is 10.0. The summed E-state index contributed by atoms with van der Waals surface area (Å²) >= 11 is 1.68. The fourth-order valence-corrected chi connectivity index (χ4v) is 4.03. The molecular formula is C13H23N3O3S. The summed E-state index contributed by atoms with van der Waals surface area (Å²) in [5, 5.41) is 3.29. The second kappa shape index (κ2) is 5.44. The fraction of sp³-hybridized carbons (Fsp3) is 0.846. The van der Waals surface area contributed by atoms with E-state index in [9.17, 15) is 9.59 Å². The van der Waals surface area contributed by atoms with Crippen LogP contribution in [0.5, 0.6) is 0 Å². The number of nitrogens with two attached hydrogens (primary N) is 1. The molecule has 3 N–H and O–H groups in total. The van der Waals surface area contributed by atoms with Crippen molar-refractivity contribution >= 4 is 23.8 Å². The minimum Gasteiger partial charge on any atom is -0.444 e. The summed E-state index contributed by atoms with van der Waals surface area (Å²) in [7, 11) is 0. The highest BCUT2D eigenvalue weighted by Gasteiger charge is 2.45. The molecule has 2 saturated heterocycles. The number of likely N-dealkylation sites (tertiary alicyclic amines) is 1. The third kappa shape index (κ3) is 3.58. The van der Waals surface area contributed by atoms with Crippen LogP contribution in [0.4, 0.5) is 4.79 Å². The number of primary amides is 1. The number of piperidine rings is 1. The van der Waals surface area contributed by atoms with E-state index in [0.29, 0.717) is 18.8 Å². The van der Waals surface area contributed by atoms with Crippen molar-refractivity contribution in [2.75, 3.05) is 18.8 Å². The normalized spacial score (nSPS) is 30.6. The van der Waals surface area contributed by atoms with Crippen LogP contribution in [0, 0.1) is 0 Å². The third-order valence-corrected chi connectivity index (χ3v) is 4.92. The van der Waals surface area contributed by atoms with Crippen LogP contribution in [-0.4, -0.2) is 52.3 Å². The van der Waals surface area contributed by atoms with Gasteiger partial charge in [0.1, 0.15) is 5.60 Å². The maximum absolute atomic E-state index is 12.1. The summed E-state index contributed by atoms with van der Waals surface area (Å²) in [5.74, 6) is 0.334. The van der Waals surface area contributed by atoms with Gasteiger partial charge in [0, 0.05) is 12.3 Å². The molecule has 2 atom stereocenters. The van der Waals surface area contributed by atoms with Crippen molar-refractivity contribution in [3.8, 4) is 0 Å². The van der Waals surface area contributed by atoms with Crippen molar-refractivity contribution in [3.05, 3.63) is 0 Å². The number of thioether (sulfide) groups is 1. The first-order valence-electron chi connectivity index (χ1n) is 6.90. The Hall–Kier alpha value is -0.950. The first-order chi connectivity index (χ1) is 9.21. The standard InChI is InChI=1S/C13H23N3O3S/c1-12(2,3)19-11(18)16-6-4-5-13(8-16)15-9(7-20-13)10(14)17/h9,15H,4-8H2,1-3H3,(H2,14,17)/t9-,13?/m0/s1. The van der Waals surface area contributed by atoms with Crippen LogP contribution in [0.25, 0.3) is 0 Å². The Labute approximate surface area is 123 Å². The van der Waals surface area contributed by atoms with Crippen molar-refractivity contribution in [2.45, 2.75) is 50.1 Å². The van der Waals surface area contributed by atoms with Crippen LogP contribution in [0.15, 0.2) is 0 Å². The number of amides is 2. The zero-order chi connectivity index (χ0) is 15.0. The number of hydrogen-bond donors (Lipinski definition) is 2. The molecule has 114 valence electrons. The zero-order valence-electron chi connectivity index (χ0n) is 12.3. The number of nitrogens with one attached hydrogen (secondary N) is 1. The Morgan fingerprint density at radius 3 is 2.70 bits per heavy atom. The Balaban J connectivity index is 1.99. The Morgan fingerprint density at radius 2 is 2.15 bits per heavy atom. The Bertz CT molecular complexity index is 410. The number of ether oxygens (including phenoxy) is 1.